The van der Waals surface area contributed by atoms with Gasteiger partial charge in [-0.2, -0.15) is 13.2 Å². The first-order chi connectivity index (χ1) is 13.7. The van der Waals surface area contributed by atoms with E-state index in [0.717, 1.165) is 11.8 Å². The number of pyridine rings is 1. The summed E-state index contributed by atoms with van der Waals surface area (Å²) in [4.78, 5) is 21.5. The largest absolute Gasteiger partial charge is 0.480 e. The van der Waals surface area contributed by atoms with E-state index in [0.29, 0.717) is 17.0 Å². The maximum atomic E-state index is 12.9. The third kappa shape index (κ3) is 3.77. The lowest BCUT2D eigenvalue weighted by atomic mass is 10.1. The Hall–Kier alpha value is -3.07. The number of rotatable bonds is 3. The van der Waals surface area contributed by atoms with E-state index in [1.165, 1.54) is 22.7 Å². The number of ether oxygens (including phenoxy) is 1. The van der Waals surface area contributed by atoms with Gasteiger partial charge < -0.3 is 14.2 Å². The number of anilines is 1. The topological polar surface area (TPSA) is 60.2 Å². The van der Waals surface area contributed by atoms with Crippen LogP contribution in [0.15, 0.2) is 42.7 Å². The number of carbonyl (C=O) groups excluding carboxylic acids is 1. The molecular weight excluding hydrogens is 409 g/mol. The van der Waals surface area contributed by atoms with Crippen molar-refractivity contribution >= 4 is 23.2 Å². The number of hydrogen-bond donors (Lipinski definition) is 0. The van der Waals surface area contributed by atoms with Crippen molar-refractivity contribution in [2.45, 2.75) is 12.7 Å². The smallest absolute Gasteiger partial charge is 0.434 e. The minimum atomic E-state index is -4.50. The third-order valence-electron chi connectivity index (χ3n) is 4.48. The number of imidazole rings is 1. The molecule has 0 unspecified atom stereocenters. The fourth-order valence-corrected chi connectivity index (χ4v) is 3.22. The van der Waals surface area contributed by atoms with Gasteiger partial charge in [-0.25, -0.2) is 9.97 Å². The van der Waals surface area contributed by atoms with Gasteiger partial charge in [0.2, 0.25) is 0 Å². The molecule has 1 amide bonds. The molecular formula is C19H14ClF3N4O2. The second-order valence-corrected chi connectivity index (χ2v) is 6.89. The van der Waals surface area contributed by atoms with Crippen molar-refractivity contribution in [3.05, 3.63) is 59.1 Å². The van der Waals surface area contributed by atoms with Gasteiger partial charge in [-0.3, -0.25) is 4.79 Å². The van der Waals surface area contributed by atoms with Crippen molar-refractivity contribution in [3.63, 3.8) is 0 Å². The van der Waals surface area contributed by atoms with Crippen LogP contribution in [0, 0.1) is 0 Å². The van der Waals surface area contributed by atoms with Crippen LogP contribution in [-0.4, -0.2) is 27.0 Å². The van der Waals surface area contributed by atoms with Crippen LogP contribution in [0.1, 0.15) is 11.3 Å². The highest BCUT2D eigenvalue weighted by Crippen LogP contribution is 2.34. The fourth-order valence-electron chi connectivity index (χ4n) is 3.07. The lowest BCUT2D eigenvalue weighted by Gasteiger charge is -2.29. The molecule has 3 aromatic rings. The first kappa shape index (κ1) is 19.3. The summed E-state index contributed by atoms with van der Waals surface area (Å²) in [6, 6.07) is 8.37. The monoisotopic (exact) mass is 422 g/mol. The lowest BCUT2D eigenvalue weighted by Crippen LogP contribution is -2.38. The lowest BCUT2D eigenvalue weighted by molar-refractivity contribution is -0.140. The van der Waals surface area contributed by atoms with E-state index in [4.69, 9.17) is 16.3 Å². The van der Waals surface area contributed by atoms with Gasteiger partial charge in [-0.1, -0.05) is 35.9 Å². The molecule has 0 aliphatic carbocycles. The first-order valence-corrected chi connectivity index (χ1v) is 8.89. The van der Waals surface area contributed by atoms with Gasteiger partial charge in [-0.15, -0.1) is 0 Å². The highest BCUT2D eigenvalue weighted by Gasteiger charge is 2.34. The average molecular weight is 423 g/mol. The number of carbonyl (C=O) groups is 1. The molecule has 0 saturated carbocycles. The van der Waals surface area contributed by atoms with Gasteiger partial charge in [0.1, 0.15) is 11.0 Å². The Morgan fingerprint density at radius 2 is 1.97 bits per heavy atom. The molecule has 1 aliphatic rings. The van der Waals surface area contributed by atoms with Crippen molar-refractivity contribution in [1.82, 2.24) is 14.5 Å². The Labute approximate surface area is 168 Å². The second kappa shape index (κ2) is 7.07. The molecule has 1 aromatic carbocycles. The van der Waals surface area contributed by atoms with E-state index in [-0.39, 0.29) is 30.0 Å². The molecule has 0 atom stereocenters. The van der Waals surface area contributed by atoms with Crippen LogP contribution in [0.5, 0.6) is 5.75 Å². The third-order valence-corrected chi connectivity index (χ3v) is 4.68. The summed E-state index contributed by atoms with van der Waals surface area (Å²) in [5.74, 6) is 0.426. The normalized spacial score (nSPS) is 14.0. The molecule has 4 rings (SSSR count). The summed E-state index contributed by atoms with van der Waals surface area (Å²) in [6.07, 6.45) is -2.10. The zero-order valence-corrected chi connectivity index (χ0v) is 15.8. The zero-order chi connectivity index (χ0) is 20.8. The summed E-state index contributed by atoms with van der Waals surface area (Å²) >= 11 is 5.94. The SMILES string of the molecule is Cn1cc(C(F)(F)F)nc1-c1ccc(CN2C(=O)COc3cnc(Cl)cc32)cc1. The van der Waals surface area contributed by atoms with Gasteiger partial charge in [0.25, 0.3) is 5.91 Å². The molecule has 0 radical (unpaired) electrons. The fraction of sp³-hybridized carbons (Fsp3) is 0.211. The summed E-state index contributed by atoms with van der Waals surface area (Å²) in [5, 5.41) is 0.234. The van der Waals surface area contributed by atoms with Crippen LogP contribution in [-0.2, 0) is 24.6 Å². The summed E-state index contributed by atoms with van der Waals surface area (Å²) in [5.41, 5.74) is 0.894. The summed E-state index contributed by atoms with van der Waals surface area (Å²) in [6.45, 7) is 0.145. The van der Waals surface area contributed by atoms with Gasteiger partial charge in [0.15, 0.2) is 18.1 Å². The zero-order valence-electron chi connectivity index (χ0n) is 15.1. The Morgan fingerprint density at radius 1 is 1.24 bits per heavy atom. The van der Waals surface area contributed by atoms with Crippen LogP contribution < -0.4 is 9.64 Å². The Bertz CT molecular complexity index is 1080. The van der Waals surface area contributed by atoms with E-state index in [9.17, 15) is 18.0 Å². The molecule has 150 valence electrons. The van der Waals surface area contributed by atoms with Gasteiger partial charge in [-0.05, 0) is 5.56 Å². The predicted molar refractivity (Wildman–Crippen MR) is 99.6 cm³/mol. The maximum absolute atomic E-state index is 12.9. The second-order valence-electron chi connectivity index (χ2n) is 6.50. The van der Waals surface area contributed by atoms with Crippen molar-refractivity contribution in [3.8, 4) is 17.1 Å². The number of halogens is 4. The minimum absolute atomic E-state index is 0.109. The van der Waals surface area contributed by atoms with Crippen molar-refractivity contribution in [1.29, 1.82) is 0 Å². The molecule has 3 heterocycles. The number of aromatic nitrogens is 3. The number of amides is 1. The molecule has 0 saturated heterocycles. The molecule has 10 heteroatoms. The number of hydrogen-bond acceptors (Lipinski definition) is 4. The summed E-state index contributed by atoms with van der Waals surface area (Å²) in [7, 11) is 1.51. The van der Waals surface area contributed by atoms with Crippen LogP contribution in [0.2, 0.25) is 5.15 Å². The average Bonchev–Trinajstić information content (AvgIpc) is 3.07. The Kier molecular flexibility index (Phi) is 4.70. The predicted octanol–water partition coefficient (Wildman–Crippen LogP) is 4.08. The number of nitrogens with zero attached hydrogens (tertiary/aromatic N) is 4. The van der Waals surface area contributed by atoms with Crippen molar-refractivity contribution in [2.24, 2.45) is 7.05 Å². The van der Waals surface area contributed by atoms with Crippen LogP contribution in [0.4, 0.5) is 18.9 Å². The number of aryl methyl sites for hydroxylation is 1. The Balaban J connectivity index is 1.59. The van der Waals surface area contributed by atoms with Crippen molar-refractivity contribution in [2.75, 3.05) is 11.5 Å². The van der Waals surface area contributed by atoms with Crippen LogP contribution in [0.3, 0.4) is 0 Å². The van der Waals surface area contributed by atoms with E-state index in [1.807, 2.05) is 0 Å². The molecule has 0 spiro atoms. The van der Waals surface area contributed by atoms with Gasteiger partial charge >= 0.3 is 6.18 Å². The molecule has 29 heavy (non-hydrogen) atoms. The quantitative estimate of drug-likeness (QED) is 0.597. The molecule has 1 aliphatic heterocycles. The highest BCUT2D eigenvalue weighted by molar-refractivity contribution is 6.29. The van der Waals surface area contributed by atoms with Gasteiger partial charge in [0, 0.05) is 24.9 Å². The first-order valence-electron chi connectivity index (χ1n) is 8.51. The maximum Gasteiger partial charge on any atom is 0.434 e. The van der Waals surface area contributed by atoms with E-state index >= 15 is 0 Å². The van der Waals surface area contributed by atoms with Crippen LogP contribution in [0.25, 0.3) is 11.4 Å². The molecule has 0 bridgehead atoms. The molecule has 2 aromatic heterocycles. The standard InChI is InChI=1S/C19H14ClF3N4O2/c1-26-9-15(19(21,22)23)25-18(26)12-4-2-11(3-5-12)8-27-13-6-16(20)24-7-14(13)29-10-17(27)28/h2-7,9H,8,10H2,1H3. The van der Waals surface area contributed by atoms with E-state index < -0.39 is 11.9 Å². The highest BCUT2D eigenvalue weighted by atomic mass is 35.5. The van der Waals surface area contributed by atoms with E-state index in [2.05, 4.69) is 9.97 Å². The van der Waals surface area contributed by atoms with Gasteiger partial charge in [0.05, 0.1) is 18.4 Å². The van der Waals surface area contributed by atoms with Crippen molar-refractivity contribution < 1.29 is 22.7 Å². The Morgan fingerprint density at radius 3 is 2.62 bits per heavy atom. The molecule has 0 fully saturated rings. The summed E-state index contributed by atoms with van der Waals surface area (Å²) < 4.78 is 45.3. The number of alkyl halides is 3. The minimum Gasteiger partial charge on any atom is -0.480 e. The molecule has 6 nitrogen and oxygen atoms in total. The number of benzene rings is 1. The van der Waals surface area contributed by atoms with Crippen LogP contribution >= 0.6 is 11.6 Å². The molecule has 0 N–H and O–H groups in total. The number of fused-ring (bicyclic) bond motifs is 1. The van der Waals surface area contributed by atoms with E-state index in [1.54, 1.807) is 30.3 Å².